The molecule has 1 unspecified atom stereocenters. The summed E-state index contributed by atoms with van der Waals surface area (Å²) in [7, 11) is -2.95. The Hall–Kier alpha value is -3.63. The van der Waals surface area contributed by atoms with E-state index in [9.17, 15) is 19.5 Å². The van der Waals surface area contributed by atoms with E-state index >= 15 is 0 Å². The predicted molar refractivity (Wildman–Crippen MR) is 179 cm³/mol. The fraction of sp³-hybridized carbons (Fsp3) is 0.528. The highest BCUT2D eigenvalue weighted by molar-refractivity contribution is 6.99. The topological polar surface area (TPSA) is 155 Å². The van der Waals surface area contributed by atoms with Gasteiger partial charge in [-0.05, 0) is 21.5 Å². The number of carbonyl (C=O) groups is 3. The summed E-state index contributed by atoms with van der Waals surface area (Å²) in [5.74, 6) is -3.78. The van der Waals surface area contributed by atoms with Gasteiger partial charge in [-0.2, -0.15) is 0 Å². The summed E-state index contributed by atoms with van der Waals surface area (Å²) in [5, 5.41) is 13.5. The van der Waals surface area contributed by atoms with Crippen molar-refractivity contribution >= 4 is 36.6 Å². The molecule has 0 amide bonds. The zero-order chi connectivity index (χ0) is 36.3. The van der Waals surface area contributed by atoms with Gasteiger partial charge >= 0.3 is 17.9 Å². The van der Waals surface area contributed by atoms with Gasteiger partial charge in [-0.25, -0.2) is 0 Å². The first kappa shape index (κ1) is 37.6. The molecule has 2 fully saturated rings. The highest BCUT2D eigenvalue weighted by Crippen LogP contribution is 2.41. The first-order valence-corrected chi connectivity index (χ1v) is 18.5. The van der Waals surface area contributed by atoms with Gasteiger partial charge in [0.05, 0.1) is 12.9 Å². The number of aliphatic hydroxyl groups is 1. The van der Waals surface area contributed by atoms with Crippen molar-refractivity contribution in [2.24, 2.45) is 0 Å². The molecule has 272 valence electrons. The third kappa shape index (κ3) is 8.12. The Morgan fingerprint density at radius 2 is 1.40 bits per heavy atom. The number of rotatable bonds is 11. The molecule has 0 radical (unpaired) electrons. The molecule has 3 aliphatic heterocycles. The number of aliphatic hydroxyl groups excluding tert-OH is 1. The highest BCUT2D eigenvalue weighted by atomic mass is 28.4. The summed E-state index contributed by atoms with van der Waals surface area (Å²) in [6.07, 6.45) is -5.84. The van der Waals surface area contributed by atoms with Gasteiger partial charge in [0.15, 0.2) is 24.6 Å². The lowest BCUT2D eigenvalue weighted by atomic mass is 9.98. The SMILES string of the molecule is CC(=O)OC[C@H]1O[C@@H]2OC(C)(O[C@@H]3C=CO[C@H](CO[Si](c4ccccc4)(c4ccccc4)C(C)(C)C)[C@H]3O)O[C@@H]2[C@@H](OC(C)=O)[C@H]1OC(C)=O. The van der Waals surface area contributed by atoms with Crippen LogP contribution in [0, 0.1) is 0 Å². The summed E-state index contributed by atoms with van der Waals surface area (Å²) >= 11 is 0. The maximum absolute atomic E-state index is 12.2. The van der Waals surface area contributed by atoms with E-state index in [1.54, 1.807) is 0 Å². The van der Waals surface area contributed by atoms with Crippen LogP contribution in [-0.2, 0) is 56.7 Å². The Labute approximate surface area is 292 Å². The fourth-order valence-electron chi connectivity index (χ4n) is 6.73. The number of fused-ring (bicyclic) bond motifs is 1. The van der Waals surface area contributed by atoms with E-state index in [4.69, 9.17) is 42.3 Å². The van der Waals surface area contributed by atoms with Crippen molar-refractivity contribution < 1.29 is 61.8 Å². The normalized spacial score (nSPS) is 30.9. The van der Waals surface area contributed by atoms with Gasteiger partial charge in [0.1, 0.15) is 31.0 Å². The second-order valence-corrected chi connectivity index (χ2v) is 17.9. The zero-order valence-corrected chi connectivity index (χ0v) is 30.3. The molecule has 2 saturated heterocycles. The van der Waals surface area contributed by atoms with Gasteiger partial charge in [0.25, 0.3) is 14.3 Å². The number of ether oxygens (including phenoxy) is 8. The lowest BCUT2D eigenvalue weighted by Gasteiger charge is -2.44. The Morgan fingerprint density at radius 1 is 0.820 bits per heavy atom. The van der Waals surface area contributed by atoms with Crippen LogP contribution in [0.1, 0.15) is 48.5 Å². The van der Waals surface area contributed by atoms with Crippen LogP contribution in [-0.4, -0.2) is 99.5 Å². The van der Waals surface area contributed by atoms with E-state index in [2.05, 4.69) is 45.0 Å². The van der Waals surface area contributed by atoms with Crippen LogP contribution in [0.4, 0.5) is 0 Å². The molecule has 0 aromatic heterocycles. The number of carbonyl (C=O) groups excluding carboxylic acids is 3. The van der Waals surface area contributed by atoms with Gasteiger partial charge in [-0.15, -0.1) is 0 Å². The molecule has 0 aliphatic carbocycles. The molecule has 13 nitrogen and oxygen atoms in total. The third-order valence-corrected chi connectivity index (χ3v) is 13.8. The molecule has 2 aromatic rings. The minimum atomic E-state index is -2.95. The number of hydrogen-bond acceptors (Lipinski definition) is 13. The molecule has 3 heterocycles. The van der Waals surface area contributed by atoms with Gasteiger partial charge in [0.2, 0.25) is 0 Å². The van der Waals surface area contributed by atoms with Crippen molar-refractivity contribution in [3.05, 3.63) is 73.0 Å². The largest absolute Gasteiger partial charge is 0.493 e. The van der Waals surface area contributed by atoms with Crippen LogP contribution in [0.3, 0.4) is 0 Å². The first-order chi connectivity index (χ1) is 23.6. The maximum Gasteiger partial charge on any atom is 0.303 e. The Morgan fingerprint density at radius 3 is 1.94 bits per heavy atom. The molecule has 0 bridgehead atoms. The highest BCUT2D eigenvalue weighted by Gasteiger charge is 2.60. The van der Waals surface area contributed by atoms with Crippen LogP contribution in [0.25, 0.3) is 0 Å². The average Bonchev–Trinajstić information content (AvgIpc) is 3.38. The van der Waals surface area contributed by atoms with E-state index in [-0.39, 0.29) is 18.3 Å². The smallest absolute Gasteiger partial charge is 0.303 e. The second kappa shape index (κ2) is 15.3. The van der Waals surface area contributed by atoms with Crippen molar-refractivity contribution in [1.82, 2.24) is 0 Å². The number of esters is 3. The Kier molecular flexibility index (Phi) is 11.5. The van der Waals surface area contributed by atoms with Gasteiger partial charge in [-0.3, -0.25) is 19.1 Å². The molecule has 1 N–H and O–H groups in total. The number of hydrogen-bond donors (Lipinski definition) is 1. The molecular formula is C36H46O13Si. The minimum absolute atomic E-state index is 0.0435. The molecule has 5 rings (SSSR count). The minimum Gasteiger partial charge on any atom is -0.493 e. The molecule has 3 aliphatic rings. The average molecular weight is 715 g/mol. The van der Waals surface area contributed by atoms with Gasteiger partial charge < -0.3 is 42.7 Å². The van der Waals surface area contributed by atoms with Crippen LogP contribution < -0.4 is 10.4 Å². The summed E-state index contributed by atoms with van der Waals surface area (Å²) < 4.78 is 53.5. The Bertz CT molecular complexity index is 1470. The van der Waals surface area contributed by atoms with Crippen LogP contribution in [0.15, 0.2) is 73.0 Å². The summed E-state index contributed by atoms with van der Waals surface area (Å²) in [4.78, 5) is 35.8. The van der Waals surface area contributed by atoms with Crippen molar-refractivity contribution in [2.75, 3.05) is 13.2 Å². The van der Waals surface area contributed by atoms with Crippen LogP contribution in [0.2, 0.25) is 5.04 Å². The lowest BCUT2D eigenvalue weighted by Crippen LogP contribution is -2.67. The third-order valence-electron chi connectivity index (χ3n) is 8.80. The van der Waals surface area contributed by atoms with E-state index < -0.39 is 81.2 Å². The lowest BCUT2D eigenvalue weighted by molar-refractivity contribution is -0.363. The molecule has 50 heavy (non-hydrogen) atoms. The van der Waals surface area contributed by atoms with Gasteiger partial charge in [0, 0.05) is 27.7 Å². The van der Waals surface area contributed by atoms with Crippen LogP contribution >= 0.6 is 0 Å². The van der Waals surface area contributed by atoms with Gasteiger partial charge in [-0.1, -0.05) is 81.4 Å². The van der Waals surface area contributed by atoms with Crippen molar-refractivity contribution in [2.45, 2.75) is 108 Å². The molecule has 0 spiro atoms. The fourth-order valence-corrected chi connectivity index (χ4v) is 11.3. The van der Waals surface area contributed by atoms with E-state index in [0.29, 0.717) is 0 Å². The van der Waals surface area contributed by atoms with Crippen molar-refractivity contribution in [3.63, 3.8) is 0 Å². The van der Waals surface area contributed by atoms with Crippen molar-refractivity contribution in [1.29, 1.82) is 0 Å². The Balaban J connectivity index is 1.35. The maximum atomic E-state index is 12.2. The molecule has 9 atom stereocenters. The van der Waals surface area contributed by atoms with E-state index in [1.807, 2.05) is 36.4 Å². The van der Waals surface area contributed by atoms with E-state index in [0.717, 1.165) is 10.4 Å². The predicted octanol–water partition coefficient (Wildman–Crippen LogP) is 2.46. The quantitative estimate of drug-likeness (QED) is 0.206. The number of benzene rings is 2. The second-order valence-electron chi connectivity index (χ2n) is 13.6. The van der Waals surface area contributed by atoms with Crippen LogP contribution in [0.5, 0.6) is 0 Å². The zero-order valence-electron chi connectivity index (χ0n) is 29.3. The standard InChI is InChI=1S/C36H46O13Si/c1-22(37)42-20-29-31(44-23(2)38)32(45-24(3)39)33-34(46-29)49-36(7,48-33)47-27-18-19-41-28(30(27)40)21-43-50(35(4,5)6,25-14-10-8-11-15-25)26-16-12-9-13-17-26/h8-19,27-34,40H,20-21H2,1-7H3/t27-,28-,29-,30+,31+,32+,33-,34-,36?/m1/s1. The summed E-state index contributed by atoms with van der Waals surface area (Å²) in [6, 6.07) is 20.2. The molecular weight excluding hydrogens is 668 g/mol. The molecule has 0 saturated carbocycles. The first-order valence-electron chi connectivity index (χ1n) is 16.6. The molecule has 2 aromatic carbocycles. The van der Waals surface area contributed by atoms with E-state index in [1.165, 1.54) is 40.0 Å². The summed E-state index contributed by atoms with van der Waals surface area (Å²) in [5.41, 5.74) is 0. The monoisotopic (exact) mass is 714 g/mol. The van der Waals surface area contributed by atoms with Crippen molar-refractivity contribution in [3.8, 4) is 0 Å². The molecule has 14 heteroatoms. The summed E-state index contributed by atoms with van der Waals surface area (Å²) in [6.45, 7) is 11.3.